The van der Waals surface area contributed by atoms with Crippen LogP contribution in [0.15, 0.2) is 152 Å². The fourth-order valence-electron chi connectivity index (χ4n) is 5.82. The van der Waals surface area contributed by atoms with Gasteiger partial charge in [0.2, 0.25) is 0 Å². The van der Waals surface area contributed by atoms with Crippen LogP contribution in [0.4, 0.5) is 0 Å². The highest BCUT2D eigenvalue weighted by molar-refractivity contribution is 7.26. The van der Waals surface area contributed by atoms with Crippen LogP contribution in [-0.2, 0) is 0 Å². The highest BCUT2D eigenvalue weighted by Crippen LogP contribution is 2.38. The molecule has 0 bridgehead atoms. The summed E-state index contributed by atoms with van der Waals surface area (Å²) in [6, 6.07) is 53.2. The number of nitrogens with zero attached hydrogens (tertiary/aromatic N) is 1. The molecule has 0 aliphatic heterocycles. The molecule has 7 aromatic rings. The molecule has 0 N–H and O–H groups in total. The molecular formula is C35H25NSSi. The molecule has 5 aromatic carbocycles. The van der Waals surface area contributed by atoms with E-state index in [1.165, 1.54) is 46.5 Å². The van der Waals surface area contributed by atoms with Crippen molar-refractivity contribution in [2.24, 2.45) is 0 Å². The zero-order valence-electron chi connectivity index (χ0n) is 20.8. The van der Waals surface area contributed by atoms with Gasteiger partial charge in [-0.15, -0.1) is 11.3 Å². The third kappa shape index (κ3) is 3.63. The maximum absolute atomic E-state index is 4.94. The molecule has 7 rings (SSSR count). The topological polar surface area (TPSA) is 12.9 Å². The van der Waals surface area contributed by atoms with Crippen molar-refractivity contribution < 1.29 is 0 Å². The lowest BCUT2D eigenvalue weighted by Crippen LogP contribution is -2.74. The Morgan fingerprint density at radius 2 is 1.03 bits per heavy atom. The third-order valence-electron chi connectivity index (χ3n) is 7.48. The van der Waals surface area contributed by atoms with E-state index in [4.69, 9.17) is 4.98 Å². The number of fused-ring (bicyclic) bond motifs is 3. The standard InChI is InChI=1S/C35H25NSSi/c1-4-14-27(15-5-1)38(28-16-6-2-7-17-28,29-18-8-3-9-19-29)30-20-12-13-26(25-30)34-35-32(23-24-36-34)31-21-10-11-22-33(31)37-35/h1-25H. The van der Waals surface area contributed by atoms with Gasteiger partial charge in [-0.1, -0.05) is 133 Å². The van der Waals surface area contributed by atoms with E-state index in [0.29, 0.717) is 0 Å². The van der Waals surface area contributed by atoms with Crippen molar-refractivity contribution >= 4 is 60.3 Å². The molecule has 180 valence electrons. The average Bonchev–Trinajstić information content (AvgIpc) is 3.39. The number of hydrogen-bond acceptors (Lipinski definition) is 2. The van der Waals surface area contributed by atoms with Crippen LogP contribution in [0.1, 0.15) is 0 Å². The Kier molecular flexibility index (Phi) is 5.73. The van der Waals surface area contributed by atoms with Gasteiger partial charge in [-0.25, -0.2) is 0 Å². The second-order valence-corrected chi connectivity index (χ2v) is 14.4. The molecule has 0 unspecified atom stereocenters. The quantitative estimate of drug-likeness (QED) is 0.187. The molecule has 0 fully saturated rings. The van der Waals surface area contributed by atoms with Crippen molar-refractivity contribution in [3.63, 3.8) is 0 Å². The summed E-state index contributed by atoms with van der Waals surface area (Å²) in [6.45, 7) is 0. The summed E-state index contributed by atoms with van der Waals surface area (Å²) >= 11 is 1.83. The van der Waals surface area contributed by atoms with Crippen LogP contribution in [0.3, 0.4) is 0 Å². The van der Waals surface area contributed by atoms with Gasteiger partial charge in [0, 0.05) is 27.2 Å². The molecule has 0 saturated carbocycles. The highest BCUT2D eigenvalue weighted by atomic mass is 32.1. The predicted molar refractivity (Wildman–Crippen MR) is 166 cm³/mol. The van der Waals surface area contributed by atoms with Gasteiger partial charge in [0.1, 0.15) is 0 Å². The van der Waals surface area contributed by atoms with Crippen molar-refractivity contribution in [3.8, 4) is 11.3 Å². The largest absolute Gasteiger partial charge is 0.255 e. The van der Waals surface area contributed by atoms with E-state index in [0.717, 1.165) is 5.69 Å². The Hall–Kier alpha value is -4.31. The monoisotopic (exact) mass is 519 g/mol. The van der Waals surface area contributed by atoms with Gasteiger partial charge in [-0.05, 0) is 32.9 Å². The SMILES string of the molecule is c1ccc([Si](c2ccccc2)(c2ccccc2)c2cccc(-c3nccc4c3sc3ccccc34)c2)cc1. The molecule has 0 spiro atoms. The molecule has 3 heteroatoms. The Labute approximate surface area is 227 Å². The summed E-state index contributed by atoms with van der Waals surface area (Å²) in [5.74, 6) is 0. The fourth-order valence-corrected chi connectivity index (χ4v) is 11.8. The van der Waals surface area contributed by atoms with Crippen molar-refractivity contribution in [1.82, 2.24) is 4.98 Å². The summed E-state index contributed by atoms with van der Waals surface area (Å²) < 4.78 is 2.55. The zero-order valence-corrected chi connectivity index (χ0v) is 22.6. The molecular weight excluding hydrogens is 495 g/mol. The van der Waals surface area contributed by atoms with Gasteiger partial charge < -0.3 is 0 Å². The first-order chi connectivity index (χ1) is 18.9. The Balaban J connectivity index is 1.53. The Morgan fingerprint density at radius 3 is 1.66 bits per heavy atom. The lowest BCUT2D eigenvalue weighted by Gasteiger charge is -2.34. The van der Waals surface area contributed by atoms with Crippen LogP contribution in [0.2, 0.25) is 0 Å². The molecule has 0 amide bonds. The third-order valence-corrected chi connectivity index (χ3v) is 13.5. The maximum Gasteiger partial charge on any atom is 0.179 e. The minimum Gasteiger partial charge on any atom is -0.255 e. The van der Waals surface area contributed by atoms with Gasteiger partial charge in [0.05, 0.1) is 10.4 Å². The highest BCUT2D eigenvalue weighted by Gasteiger charge is 2.41. The normalized spacial score (nSPS) is 11.7. The van der Waals surface area contributed by atoms with Crippen molar-refractivity contribution in [3.05, 3.63) is 152 Å². The van der Waals surface area contributed by atoms with Crippen molar-refractivity contribution in [1.29, 1.82) is 0 Å². The number of pyridine rings is 1. The molecule has 0 atom stereocenters. The lowest BCUT2D eigenvalue weighted by atomic mass is 10.1. The van der Waals surface area contributed by atoms with Crippen LogP contribution in [0.5, 0.6) is 0 Å². The summed E-state index contributed by atoms with van der Waals surface area (Å²) in [5, 5.41) is 8.07. The smallest absolute Gasteiger partial charge is 0.179 e. The fraction of sp³-hybridized carbons (Fsp3) is 0. The number of aromatic nitrogens is 1. The number of thiophene rings is 1. The Morgan fingerprint density at radius 1 is 0.474 bits per heavy atom. The van der Waals surface area contributed by atoms with E-state index < -0.39 is 8.07 Å². The first-order valence-electron chi connectivity index (χ1n) is 12.9. The van der Waals surface area contributed by atoms with Gasteiger partial charge in [0.15, 0.2) is 8.07 Å². The molecule has 0 radical (unpaired) electrons. The van der Waals surface area contributed by atoms with Gasteiger partial charge in [0.25, 0.3) is 0 Å². The van der Waals surface area contributed by atoms with E-state index >= 15 is 0 Å². The number of benzene rings is 5. The first-order valence-corrected chi connectivity index (χ1v) is 15.7. The number of rotatable bonds is 5. The Bertz CT molecular complexity index is 1760. The van der Waals surface area contributed by atoms with E-state index in [2.05, 4.69) is 146 Å². The van der Waals surface area contributed by atoms with Crippen LogP contribution >= 0.6 is 11.3 Å². The zero-order chi connectivity index (χ0) is 25.4. The molecule has 1 nitrogen and oxygen atoms in total. The van der Waals surface area contributed by atoms with Gasteiger partial charge in [-0.2, -0.15) is 0 Å². The molecule has 0 saturated heterocycles. The van der Waals surface area contributed by atoms with E-state index in [1.807, 2.05) is 17.5 Å². The summed E-state index contributed by atoms with van der Waals surface area (Å²) in [5.41, 5.74) is 2.22. The lowest BCUT2D eigenvalue weighted by molar-refractivity contribution is 1.37. The van der Waals surface area contributed by atoms with E-state index in [9.17, 15) is 0 Å². The van der Waals surface area contributed by atoms with Crippen molar-refractivity contribution in [2.75, 3.05) is 0 Å². The molecule has 0 aliphatic carbocycles. The first kappa shape index (κ1) is 22.9. The molecule has 38 heavy (non-hydrogen) atoms. The van der Waals surface area contributed by atoms with Crippen molar-refractivity contribution in [2.45, 2.75) is 0 Å². The van der Waals surface area contributed by atoms with E-state index in [-0.39, 0.29) is 0 Å². The second kappa shape index (κ2) is 9.53. The summed E-state index contributed by atoms with van der Waals surface area (Å²) in [7, 11) is -2.59. The van der Waals surface area contributed by atoms with Crippen LogP contribution in [0, 0.1) is 0 Å². The minimum atomic E-state index is -2.59. The molecule has 0 aliphatic rings. The second-order valence-electron chi connectivity index (χ2n) is 9.56. The van der Waals surface area contributed by atoms with Crippen LogP contribution in [0.25, 0.3) is 31.4 Å². The van der Waals surface area contributed by atoms with Gasteiger partial charge >= 0.3 is 0 Å². The van der Waals surface area contributed by atoms with E-state index in [1.54, 1.807) is 0 Å². The van der Waals surface area contributed by atoms with Crippen LogP contribution in [-0.4, -0.2) is 13.1 Å². The van der Waals surface area contributed by atoms with Gasteiger partial charge in [-0.3, -0.25) is 4.98 Å². The maximum atomic E-state index is 4.94. The number of hydrogen-bond donors (Lipinski definition) is 0. The summed E-state index contributed by atoms with van der Waals surface area (Å²) in [6.07, 6.45) is 1.96. The summed E-state index contributed by atoms with van der Waals surface area (Å²) in [4.78, 5) is 4.94. The molecule has 2 aromatic heterocycles. The molecule has 2 heterocycles. The van der Waals surface area contributed by atoms with Crippen LogP contribution < -0.4 is 20.7 Å². The minimum absolute atomic E-state index is 1.06. The average molecular weight is 520 g/mol. The predicted octanol–water partition coefficient (Wildman–Crippen LogP) is 6.49.